The van der Waals surface area contributed by atoms with Crippen molar-refractivity contribution in [1.29, 1.82) is 0 Å². The lowest BCUT2D eigenvalue weighted by Gasteiger charge is -2.19. The number of hydrogen-bond donors (Lipinski definition) is 0. The third kappa shape index (κ3) is 4.79. The molecule has 23 heavy (non-hydrogen) atoms. The Morgan fingerprint density at radius 2 is 1.26 bits per heavy atom. The van der Waals surface area contributed by atoms with Crippen molar-refractivity contribution in [2.75, 3.05) is 5.75 Å². The van der Waals surface area contributed by atoms with Gasteiger partial charge >= 0.3 is 6.80 Å². The van der Waals surface area contributed by atoms with E-state index in [0.717, 1.165) is 11.1 Å². The standard InChI is InChI=1S/C18H23O3PS/c1-6-23-22(19,20-17-9-7-13(2)15(4)11-17)21-18-10-8-14(3)16(5)12-18/h7-12H,6H2,1-5H3. The van der Waals surface area contributed by atoms with Gasteiger partial charge in [0.05, 0.1) is 0 Å². The van der Waals surface area contributed by atoms with Gasteiger partial charge in [0.2, 0.25) is 0 Å². The summed E-state index contributed by atoms with van der Waals surface area (Å²) < 4.78 is 24.6. The van der Waals surface area contributed by atoms with Gasteiger partial charge in [-0.1, -0.05) is 19.1 Å². The average Bonchev–Trinajstić information content (AvgIpc) is 2.47. The van der Waals surface area contributed by atoms with Gasteiger partial charge in [-0.2, -0.15) is 0 Å². The summed E-state index contributed by atoms with van der Waals surface area (Å²) in [4.78, 5) is 0. The Balaban J connectivity index is 2.25. The minimum atomic E-state index is -3.32. The maximum absolute atomic E-state index is 13.1. The molecule has 124 valence electrons. The van der Waals surface area contributed by atoms with Crippen molar-refractivity contribution in [2.24, 2.45) is 0 Å². The Morgan fingerprint density at radius 1 is 0.826 bits per heavy atom. The summed E-state index contributed by atoms with van der Waals surface area (Å²) in [6.07, 6.45) is 0. The summed E-state index contributed by atoms with van der Waals surface area (Å²) in [5, 5.41) is 0. The molecule has 2 rings (SSSR count). The fourth-order valence-electron chi connectivity index (χ4n) is 2.03. The zero-order valence-corrected chi connectivity index (χ0v) is 16.0. The first-order valence-corrected chi connectivity index (χ1v) is 10.7. The summed E-state index contributed by atoms with van der Waals surface area (Å²) >= 11 is 1.20. The normalized spacial score (nSPS) is 11.3. The van der Waals surface area contributed by atoms with Crippen LogP contribution in [0.15, 0.2) is 36.4 Å². The number of rotatable bonds is 6. The molecule has 0 aliphatic heterocycles. The zero-order valence-electron chi connectivity index (χ0n) is 14.3. The van der Waals surface area contributed by atoms with Crippen molar-refractivity contribution < 1.29 is 13.6 Å². The van der Waals surface area contributed by atoms with Crippen LogP contribution < -0.4 is 9.05 Å². The molecule has 0 saturated carbocycles. The molecule has 0 unspecified atom stereocenters. The maximum atomic E-state index is 13.1. The molecule has 5 heteroatoms. The third-order valence-electron chi connectivity index (χ3n) is 3.68. The second-order valence-corrected chi connectivity index (χ2v) is 9.75. The lowest BCUT2D eigenvalue weighted by atomic mass is 10.1. The van der Waals surface area contributed by atoms with Crippen molar-refractivity contribution >= 4 is 18.2 Å². The Kier molecular flexibility index (Phi) is 5.83. The van der Waals surface area contributed by atoms with Crippen LogP contribution >= 0.6 is 18.2 Å². The molecule has 2 aromatic carbocycles. The van der Waals surface area contributed by atoms with Gasteiger partial charge in [-0.25, -0.2) is 4.57 Å². The number of benzene rings is 2. The number of aryl methyl sites for hydroxylation is 4. The number of hydrogen-bond acceptors (Lipinski definition) is 4. The lowest BCUT2D eigenvalue weighted by Crippen LogP contribution is -1.99. The van der Waals surface area contributed by atoms with Crippen LogP contribution in [0.2, 0.25) is 0 Å². The van der Waals surface area contributed by atoms with Gasteiger partial charge in [-0.3, -0.25) is 0 Å². The van der Waals surface area contributed by atoms with Crippen LogP contribution in [0.4, 0.5) is 0 Å². The van der Waals surface area contributed by atoms with Crippen LogP contribution in [-0.2, 0) is 4.57 Å². The molecule has 0 aliphatic rings. The summed E-state index contributed by atoms with van der Waals surface area (Å²) in [6.45, 7) is 6.69. The van der Waals surface area contributed by atoms with Gasteiger partial charge in [0, 0.05) is 5.75 Å². The van der Waals surface area contributed by atoms with Gasteiger partial charge in [0.1, 0.15) is 11.5 Å². The van der Waals surface area contributed by atoms with E-state index >= 15 is 0 Å². The highest BCUT2D eigenvalue weighted by atomic mass is 32.7. The lowest BCUT2D eigenvalue weighted by molar-refractivity contribution is 0.408. The molecule has 3 nitrogen and oxygen atoms in total. The van der Waals surface area contributed by atoms with E-state index in [4.69, 9.17) is 9.05 Å². The quantitative estimate of drug-likeness (QED) is 0.578. The van der Waals surface area contributed by atoms with Gasteiger partial charge in [0.25, 0.3) is 0 Å². The minimum Gasteiger partial charge on any atom is -0.408 e. The summed E-state index contributed by atoms with van der Waals surface area (Å²) in [5.41, 5.74) is 4.54. The van der Waals surface area contributed by atoms with E-state index in [9.17, 15) is 4.57 Å². The highest BCUT2D eigenvalue weighted by molar-refractivity contribution is 8.55. The molecular weight excluding hydrogens is 327 g/mol. The van der Waals surface area contributed by atoms with Crippen molar-refractivity contribution in [3.63, 3.8) is 0 Å². The van der Waals surface area contributed by atoms with Crippen LogP contribution in [-0.4, -0.2) is 5.75 Å². The van der Waals surface area contributed by atoms with E-state index in [1.54, 1.807) is 0 Å². The van der Waals surface area contributed by atoms with Crippen LogP contribution in [0.1, 0.15) is 29.2 Å². The van der Waals surface area contributed by atoms with Gasteiger partial charge in [-0.05, 0) is 85.6 Å². The van der Waals surface area contributed by atoms with E-state index in [1.807, 2.05) is 71.0 Å². The molecule has 0 radical (unpaired) electrons. The third-order valence-corrected chi connectivity index (χ3v) is 7.29. The largest absolute Gasteiger partial charge is 0.492 e. The maximum Gasteiger partial charge on any atom is 0.492 e. The zero-order chi connectivity index (χ0) is 17.0. The average molecular weight is 350 g/mol. The van der Waals surface area contributed by atoms with Crippen molar-refractivity contribution in [2.45, 2.75) is 34.6 Å². The van der Waals surface area contributed by atoms with Crippen LogP contribution in [0.25, 0.3) is 0 Å². The molecule has 0 bridgehead atoms. The van der Waals surface area contributed by atoms with Crippen molar-refractivity contribution in [3.05, 3.63) is 58.7 Å². The van der Waals surface area contributed by atoms with E-state index in [1.165, 1.54) is 22.5 Å². The molecule has 0 spiro atoms. The highest BCUT2D eigenvalue weighted by Crippen LogP contribution is 2.59. The first-order chi connectivity index (χ1) is 10.8. The van der Waals surface area contributed by atoms with Crippen molar-refractivity contribution in [3.8, 4) is 11.5 Å². The van der Waals surface area contributed by atoms with Crippen LogP contribution in [0.3, 0.4) is 0 Å². The van der Waals surface area contributed by atoms with Crippen LogP contribution in [0.5, 0.6) is 11.5 Å². The molecule has 0 heterocycles. The minimum absolute atomic E-state index is 0.571. The molecule has 0 aliphatic carbocycles. The fourth-order valence-corrected chi connectivity index (χ4v) is 5.01. The molecule has 0 aromatic heterocycles. The Bertz CT molecular complexity index is 686. The monoisotopic (exact) mass is 350 g/mol. The molecule has 2 aromatic rings. The molecule has 0 saturated heterocycles. The molecule has 0 fully saturated rings. The topological polar surface area (TPSA) is 35.5 Å². The molecular formula is C18H23O3PS. The molecule has 0 N–H and O–H groups in total. The summed E-state index contributed by atoms with van der Waals surface area (Å²) in [7, 11) is 0. The Hall–Kier alpha value is -1.38. The first-order valence-electron chi connectivity index (χ1n) is 7.61. The Morgan fingerprint density at radius 3 is 1.61 bits per heavy atom. The Labute approximate surface area is 142 Å². The summed E-state index contributed by atoms with van der Waals surface area (Å²) in [6, 6.07) is 11.4. The van der Waals surface area contributed by atoms with Gasteiger partial charge in [-0.15, -0.1) is 0 Å². The molecule has 0 atom stereocenters. The van der Waals surface area contributed by atoms with Crippen molar-refractivity contribution in [1.82, 2.24) is 0 Å². The predicted octanol–water partition coefficient (Wildman–Crippen LogP) is 6.24. The van der Waals surface area contributed by atoms with Gasteiger partial charge in [0.15, 0.2) is 0 Å². The van der Waals surface area contributed by atoms with E-state index in [-0.39, 0.29) is 0 Å². The SMILES string of the molecule is CCSP(=O)(Oc1ccc(C)c(C)c1)Oc1ccc(C)c(C)c1. The summed E-state index contributed by atoms with van der Waals surface area (Å²) in [5.74, 6) is 1.79. The smallest absolute Gasteiger partial charge is 0.408 e. The highest BCUT2D eigenvalue weighted by Gasteiger charge is 2.29. The van der Waals surface area contributed by atoms with E-state index in [0.29, 0.717) is 17.3 Å². The van der Waals surface area contributed by atoms with Gasteiger partial charge < -0.3 is 9.05 Å². The first kappa shape index (κ1) is 18.0. The molecule has 0 amide bonds. The van der Waals surface area contributed by atoms with Crippen LogP contribution in [0, 0.1) is 27.7 Å². The second kappa shape index (κ2) is 7.46. The second-order valence-electron chi connectivity index (χ2n) is 5.54. The predicted molar refractivity (Wildman–Crippen MR) is 98.8 cm³/mol. The van der Waals surface area contributed by atoms with E-state index in [2.05, 4.69) is 0 Å². The fraction of sp³-hybridized carbons (Fsp3) is 0.333. The van der Waals surface area contributed by atoms with E-state index < -0.39 is 6.80 Å².